The van der Waals surface area contributed by atoms with Crippen LogP contribution in [0.15, 0.2) is 24.3 Å². The lowest BCUT2D eigenvalue weighted by Gasteiger charge is -2.16. The van der Waals surface area contributed by atoms with Crippen LogP contribution in [0.1, 0.15) is 19.8 Å². The summed E-state index contributed by atoms with van der Waals surface area (Å²) in [6.07, 6.45) is 1.87. The summed E-state index contributed by atoms with van der Waals surface area (Å²) in [4.78, 5) is 14.0. The molecule has 1 fully saturated rings. The van der Waals surface area contributed by atoms with Gasteiger partial charge >= 0.3 is 0 Å². The number of amides is 1. The van der Waals surface area contributed by atoms with E-state index in [1.165, 1.54) is 6.42 Å². The third-order valence-electron chi connectivity index (χ3n) is 3.74. The zero-order valence-electron chi connectivity index (χ0n) is 11.7. The Morgan fingerprint density at radius 3 is 2.63 bits per heavy atom. The molecule has 3 N–H and O–H groups in total. The number of carbonyl (C=O) groups is 1. The molecule has 2 atom stereocenters. The van der Waals surface area contributed by atoms with Crippen LogP contribution in [0.25, 0.3) is 0 Å². The second kappa shape index (κ2) is 6.06. The first-order valence-electron chi connectivity index (χ1n) is 6.88. The first kappa shape index (κ1) is 13.9. The average Bonchev–Trinajstić information content (AvgIpc) is 3.05. The maximum Gasteiger partial charge on any atom is 0.225 e. The maximum absolute atomic E-state index is 11.8. The number of nitrogen functional groups attached to an aromatic ring is 1. The Bertz CT molecular complexity index is 430. The largest absolute Gasteiger partial charge is 0.399 e. The Kier molecular flexibility index (Phi) is 4.43. The van der Waals surface area contributed by atoms with E-state index in [0.717, 1.165) is 30.6 Å². The molecule has 4 heteroatoms. The number of nitrogens with one attached hydrogen (secondary N) is 1. The zero-order chi connectivity index (χ0) is 13.8. The van der Waals surface area contributed by atoms with Crippen molar-refractivity contribution in [1.82, 2.24) is 4.90 Å². The third kappa shape index (κ3) is 4.56. The average molecular weight is 261 g/mol. The van der Waals surface area contributed by atoms with Crippen molar-refractivity contribution in [2.75, 3.05) is 31.2 Å². The molecule has 0 heterocycles. The highest BCUT2D eigenvalue weighted by atomic mass is 16.1. The number of nitrogens with zero attached hydrogens (tertiary/aromatic N) is 1. The molecule has 104 valence electrons. The van der Waals surface area contributed by atoms with Crippen molar-refractivity contribution in [2.24, 2.45) is 11.8 Å². The minimum absolute atomic E-state index is 0.0560. The Hall–Kier alpha value is -1.55. The quantitative estimate of drug-likeness (QED) is 0.772. The molecule has 2 unspecified atom stereocenters. The molecule has 19 heavy (non-hydrogen) atoms. The number of nitrogens with two attached hydrogens (primary N) is 1. The van der Waals surface area contributed by atoms with Crippen molar-refractivity contribution in [3.8, 4) is 0 Å². The minimum atomic E-state index is 0.0560. The zero-order valence-corrected chi connectivity index (χ0v) is 11.7. The molecule has 0 radical (unpaired) electrons. The van der Waals surface area contributed by atoms with E-state index in [2.05, 4.69) is 24.2 Å². The highest BCUT2D eigenvalue weighted by Gasteiger charge is 2.32. The summed E-state index contributed by atoms with van der Waals surface area (Å²) in [5.74, 6) is 1.76. The molecule has 1 aromatic carbocycles. The van der Waals surface area contributed by atoms with Crippen molar-refractivity contribution >= 4 is 17.3 Å². The van der Waals surface area contributed by atoms with Crippen LogP contribution in [-0.2, 0) is 4.79 Å². The Balaban J connectivity index is 1.67. The summed E-state index contributed by atoms with van der Waals surface area (Å²) in [5.41, 5.74) is 7.11. The molecule has 1 aromatic rings. The van der Waals surface area contributed by atoms with Crippen LogP contribution < -0.4 is 11.1 Å². The number of hydrogen-bond acceptors (Lipinski definition) is 3. The number of benzene rings is 1. The highest BCUT2D eigenvalue weighted by molar-refractivity contribution is 5.90. The molecule has 0 aliphatic heterocycles. The van der Waals surface area contributed by atoms with Gasteiger partial charge in [0.2, 0.25) is 5.91 Å². The van der Waals surface area contributed by atoms with Crippen molar-refractivity contribution in [1.29, 1.82) is 0 Å². The molecule has 0 bridgehead atoms. The van der Waals surface area contributed by atoms with Gasteiger partial charge < -0.3 is 16.0 Å². The normalized spacial score (nSPS) is 21.4. The fourth-order valence-electron chi connectivity index (χ4n) is 2.23. The van der Waals surface area contributed by atoms with Gasteiger partial charge in [-0.1, -0.05) is 6.92 Å². The summed E-state index contributed by atoms with van der Waals surface area (Å²) < 4.78 is 0. The summed E-state index contributed by atoms with van der Waals surface area (Å²) in [7, 11) is 2.08. The topological polar surface area (TPSA) is 58.4 Å². The molecular formula is C15H23N3O. The van der Waals surface area contributed by atoms with Gasteiger partial charge in [-0.2, -0.15) is 0 Å². The third-order valence-corrected chi connectivity index (χ3v) is 3.74. The fourth-order valence-corrected chi connectivity index (χ4v) is 2.23. The summed E-state index contributed by atoms with van der Waals surface area (Å²) in [5, 5.41) is 2.88. The molecule has 1 amide bonds. The number of carbonyl (C=O) groups excluding carboxylic acids is 1. The van der Waals surface area contributed by atoms with Crippen LogP contribution in [0.4, 0.5) is 11.4 Å². The van der Waals surface area contributed by atoms with Gasteiger partial charge in [0, 0.05) is 30.9 Å². The minimum Gasteiger partial charge on any atom is -0.399 e. The van der Waals surface area contributed by atoms with Gasteiger partial charge in [-0.05, 0) is 49.6 Å². The summed E-state index contributed by atoms with van der Waals surface area (Å²) in [6.45, 7) is 4.20. The molecule has 1 aliphatic carbocycles. The van der Waals surface area contributed by atoms with Crippen LogP contribution in [0.5, 0.6) is 0 Å². The Morgan fingerprint density at radius 1 is 1.42 bits per heavy atom. The lowest BCUT2D eigenvalue weighted by atomic mass is 10.2. The van der Waals surface area contributed by atoms with Gasteiger partial charge in [0.25, 0.3) is 0 Å². The van der Waals surface area contributed by atoms with Crippen molar-refractivity contribution in [3.05, 3.63) is 24.3 Å². The van der Waals surface area contributed by atoms with Crippen LogP contribution in [-0.4, -0.2) is 30.9 Å². The van der Waals surface area contributed by atoms with Gasteiger partial charge in [0.05, 0.1) is 0 Å². The van der Waals surface area contributed by atoms with E-state index in [1.54, 1.807) is 12.1 Å². The van der Waals surface area contributed by atoms with Gasteiger partial charge in [-0.3, -0.25) is 4.79 Å². The van der Waals surface area contributed by atoms with Gasteiger partial charge in [0.15, 0.2) is 0 Å². The van der Waals surface area contributed by atoms with E-state index in [0.29, 0.717) is 12.1 Å². The first-order valence-corrected chi connectivity index (χ1v) is 6.88. The van der Waals surface area contributed by atoms with Crippen molar-refractivity contribution in [2.45, 2.75) is 19.8 Å². The van der Waals surface area contributed by atoms with Crippen LogP contribution in [0.2, 0.25) is 0 Å². The predicted octanol–water partition coefficient (Wildman–Crippen LogP) is 2.19. The van der Waals surface area contributed by atoms with Gasteiger partial charge in [-0.25, -0.2) is 0 Å². The Labute approximate surface area is 115 Å². The molecule has 2 rings (SSSR count). The number of hydrogen-bond donors (Lipinski definition) is 2. The molecule has 0 aromatic heterocycles. The fraction of sp³-hybridized carbons (Fsp3) is 0.533. The highest BCUT2D eigenvalue weighted by Crippen LogP contribution is 2.37. The van der Waals surface area contributed by atoms with E-state index < -0.39 is 0 Å². The van der Waals surface area contributed by atoms with Gasteiger partial charge in [-0.15, -0.1) is 0 Å². The molecule has 4 nitrogen and oxygen atoms in total. The standard InChI is InChI=1S/C15H23N3O/c1-11-9-12(11)10-18(2)8-7-15(19)17-14-5-3-13(16)4-6-14/h3-6,11-12H,7-10,16H2,1-2H3,(H,17,19). The first-order chi connectivity index (χ1) is 9.04. The van der Waals surface area contributed by atoms with E-state index >= 15 is 0 Å². The molecule has 0 spiro atoms. The number of anilines is 2. The second-order valence-electron chi connectivity index (χ2n) is 5.66. The molecule has 1 aliphatic rings. The lowest BCUT2D eigenvalue weighted by Crippen LogP contribution is -2.26. The van der Waals surface area contributed by atoms with Crippen LogP contribution in [0.3, 0.4) is 0 Å². The smallest absolute Gasteiger partial charge is 0.225 e. The van der Waals surface area contributed by atoms with Crippen molar-refractivity contribution in [3.63, 3.8) is 0 Å². The second-order valence-corrected chi connectivity index (χ2v) is 5.66. The lowest BCUT2D eigenvalue weighted by molar-refractivity contribution is -0.116. The molecule has 1 saturated carbocycles. The SMILES string of the molecule is CC1CC1CN(C)CCC(=O)Nc1ccc(N)cc1. The monoisotopic (exact) mass is 261 g/mol. The molecular weight excluding hydrogens is 238 g/mol. The maximum atomic E-state index is 11.8. The summed E-state index contributed by atoms with van der Waals surface area (Å²) in [6, 6.07) is 7.22. The number of rotatable bonds is 6. The van der Waals surface area contributed by atoms with E-state index in [1.807, 2.05) is 12.1 Å². The summed E-state index contributed by atoms with van der Waals surface area (Å²) >= 11 is 0. The van der Waals surface area contributed by atoms with Crippen molar-refractivity contribution < 1.29 is 4.79 Å². The van der Waals surface area contributed by atoms with E-state index in [4.69, 9.17) is 5.73 Å². The van der Waals surface area contributed by atoms with Crippen LogP contribution >= 0.6 is 0 Å². The van der Waals surface area contributed by atoms with E-state index in [-0.39, 0.29) is 5.91 Å². The van der Waals surface area contributed by atoms with Crippen LogP contribution in [0, 0.1) is 11.8 Å². The predicted molar refractivity (Wildman–Crippen MR) is 78.9 cm³/mol. The Morgan fingerprint density at radius 2 is 2.05 bits per heavy atom. The van der Waals surface area contributed by atoms with E-state index in [9.17, 15) is 4.79 Å². The molecule has 0 saturated heterocycles. The van der Waals surface area contributed by atoms with Gasteiger partial charge in [0.1, 0.15) is 0 Å².